The van der Waals surface area contributed by atoms with E-state index < -0.39 is 0 Å². The van der Waals surface area contributed by atoms with E-state index in [1.54, 1.807) is 0 Å². The second-order valence-corrected chi connectivity index (χ2v) is 6.88. The second-order valence-electron chi connectivity index (χ2n) is 6.88. The molecule has 2 fully saturated rings. The van der Waals surface area contributed by atoms with Crippen LogP contribution in [-0.2, 0) is 11.3 Å². The van der Waals surface area contributed by atoms with Crippen LogP contribution in [0.3, 0.4) is 0 Å². The highest BCUT2D eigenvalue weighted by molar-refractivity contribution is 5.82. The van der Waals surface area contributed by atoms with Gasteiger partial charge in [0.1, 0.15) is 5.78 Å². The summed E-state index contributed by atoms with van der Waals surface area (Å²) in [5, 5.41) is 4.66. The predicted octanol–water partition coefficient (Wildman–Crippen LogP) is 3.19. The monoisotopic (exact) mass is 289 g/mol. The zero-order valence-electron chi connectivity index (χ0n) is 13.3. The van der Waals surface area contributed by atoms with Crippen molar-refractivity contribution in [2.45, 2.75) is 71.0 Å². The van der Waals surface area contributed by atoms with Crippen molar-refractivity contribution in [2.75, 3.05) is 6.54 Å². The number of likely N-dealkylation sites (tertiary alicyclic amines) is 1. The highest BCUT2D eigenvalue weighted by Gasteiger charge is 2.36. The predicted molar refractivity (Wildman–Crippen MR) is 83.0 cm³/mol. The number of hydrogen-bond donors (Lipinski definition) is 0. The van der Waals surface area contributed by atoms with Crippen molar-refractivity contribution in [1.82, 2.24) is 14.7 Å². The van der Waals surface area contributed by atoms with Crippen molar-refractivity contribution >= 4 is 5.78 Å². The number of Topliss-reactive ketones (excluding diaryl/α,β-unsaturated/α-hetero) is 1. The summed E-state index contributed by atoms with van der Waals surface area (Å²) in [6, 6.07) is 2.99. The Morgan fingerprint density at radius 2 is 2.14 bits per heavy atom. The minimum absolute atomic E-state index is 0.286. The molecule has 2 aliphatic rings. The number of aromatic nitrogens is 2. The molecule has 4 nitrogen and oxygen atoms in total. The largest absolute Gasteiger partial charge is 0.299 e. The number of carbonyl (C=O) groups is 1. The molecule has 1 aromatic heterocycles. The fourth-order valence-electron chi connectivity index (χ4n) is 3.88. The van der Waals surface area contributed by atoms with Crippen molar-refractivity contribution < 1.29 is 4.79 Å². The summed E-state index contributed by atoms with van der Waals surface area (Å²) < 4.78 is 2.02. The molecule has 0 radical (unpaired) electrons. The highest BCUT2D eigenvalue weighted by atomic mass is 16.1. The van der Waals surface area contributed by atoms with Crippen LogP contribution in [0.2, 0.25) is 0 Å². The summed E-state index contributed by atoms with van der Waals surface area (Å²) in [6.07, 6.45) is 8.69. The minimum atomic E-state index is 0.286. The summed E-state index contributed by atoms with van der Waals surface area (Å²) in [4.78, 5) is 14.7. The van der Waals surface area contributed by atoms with Crippen molar-refractivity contribution in [3.63, 3.8) is 0 Å². The van der Waals surface area contributed by atoms with E-state index in [1.807, 2.05) is 4.68 Å². The fourth-order valence-corrected chi connectivity index (χ4v) is 3.88. The van der Waals surface area contributed by atoms with Crippen LogP contribution in [0.1, 0.15) is 64.1 Å². The van der Waals surface area contributed by atoms with Crippen molar-refractivity contribution in [1.29, 1.82) is 0 Å². The molecule has 2 heterocycles. The van der Waals surface area contributed by atoms with Gasteiger partial charge in [-0.25, -0.2) is 0 Å². The summed E-state index contributed by atoms with van der Waals surface area (Å²) in [5.74, 6) is 0.791. The molecule has 1 aromatic rings. The molecular formula is C17H27N3O. The molecule has 3 rings (SSSR count). The van der Waals surface area contributed by atoms with E-state index in [2.05, 4.69) is 36.1 Å². The Hall–Kier alpha value is -1.16. The normalized spacial score (nSPS) is 27.7. The first kappa shape index (κ1) is 14.8. The van der Waals surface area contributed by atoms with Gasteiger partial charge in [0.05, 0.1) is 5.69 Å². The Bertz CT molecular complexity index is 494. The zero-order chi connectivity index (χ0) is 14.8. The quantitative estimate of drug-likeness (QED) is 0.854. The third-order valence-corrected chi connectivity index (χ3v) is 5.04. The standard InChI is InChI=1S/C17H27N3O/c1-13(2)20-11-9-14(18-20)12-19-10-5-7-16(19)15-6-3-4-8-17(15)21/h9,11,13,15-16H,3-8,10,12H2,1-2H3. The Morgan fingerprint density at radius 3 is 2.86 bits per heavy atom. The second kappa shape index (κ2) is 6.30. The van der Waals surface area contributed by atoms with Gasteiger partial charge < -0.3 is 0 Å². The van der Waals surface area contributed by atoms with Gasteiger partial charge in [-0.15, -0.1) is 0 Å². The van der Waals surface area contributed by atoms with Crippen LogP contribution < -0.4 is 0 Å². The molecule has 1 aliphatic heterocycles. The molecule has 0 spiro atoms. The molecule has 4 heteroatoms. The Balaban J connectivity index is 1.67. The Kier molecular flexibility index (Phi) is 4.43. The van der Waals surface area contributed by atoms with E-state index in [1.165, 1.54) is 19.3 Å². The SMILES string of the molecule is CC(C)n1ccc(CN2CCCC2C2CCCCC2=O)n1. The first-order chi connectivity index (χ1) is 10.1. The van der Waals surface area contributed by atoms with Crippen LogP contribution in [0, 0.1) is 5.92 Å². The van der Waals surface area contributed by atoms with Gasteiger partial charge >= 0.3 is 0 Å². The highest BCUT2D eigenvalue weighted by Crippen LogP contribution is 2.33. The Labute approximate surface area is 127 Å². The third kappa shape index (κ3) is 3.20. The maximum absolute atomic E-state index is 12.2. The van der Waals surface area contributed by atoms with Crippen LogP contribution in [0.15, 0.2) is 12.3 Å². The molecule has 1 saturated carbocycles. The van der Waals surface area contributed by atoms with E-state index >= 15 is 0 Å². The maximum Gasteiger partial charge on any atom is 0.137 e. The minimum Gasteiger partial charge on any atom is -0.299 e. The van der Waals surface area contributed by atoms with Crippen molar-refractivity contribution in [3.05, 3.63) is 18.0 Å². The van der Waals surface area contributed by atoms with Crippen molar-refractivity contribution in [2.24, 2.45) is 5.92 Å². The van der Waals surface area contributed by atoms with E-state index in [0.29, 0.717) is 17.9 Å². The van der Waals surface area contributed by atoms with Gasteiger partial charge in [-0.05, 0) is 52.1 Å². The first-order valence-electron chi connectivity index (χ1n) is 8.46. The number of ketones is 1. The van der Waals surface area contributed by atoms with Crippen LogP contribution >= 0.6 is 0 Å². The Morgan fingerprint density at radius 1 is 1.29 bits per heavy atom. The van der Waals surface area contributed by atoms with Gasteiger partial charge in [-0.1, -0.05) is 6.42 Å². The molecule has 21 heavy (non-hydrogen) atoms. The molecular weight excluding hydrogens is 262 g/mol. The van der Waals surface area contributed by atoms with Gasteiger partial charge in [0.25, 0.3) is 0 Å². The molecule has 0 N–H and O–H groups in total. The van der Waals surface area contributed by atoms with E-state index in [-0.39, 0.29) is 5.92 Å². The van der Waals surface area contributed by atoms with E-state index in [4.69, 9.17) is 0 Å². The summed E-state index contributed by atoms with van der Waals surface area (Å²) in [7, 11) is 0. The number of carbonyl (C=O) groups excluding carboxylic acids is 1. The van der Waals surface area contributed by atoms with Crippen LogP contribution in [0.4, 0.5) is 0 Å². The van der Waals surface area contributed by atoms with Gasteiger partial charge in [-0.2, -0.15) is 5.10 Å². The lowest BCUT2D eigenvalue weighted by molar-refractivity contribution is -0.126. The fraction of sp³-hybridized carbons (Fsp3) is 0.765. The van der Waals surface area contributed by atoms with Crippen molar-refractivity contribution in [3.8, 4) is 0 Å². The summed E-state index contributed by atoms with van der Waals surface area (Å²) in [6.45, 7) is 6.31. The molecule has 2 atom stereocenters. The molecule has 116 valence electrons. The molecule has 0 amide bonds. The lowest BCUT2D eigenvalue weighted by atomic mass is 9.82. The molecule has 1 aliphatic carbocycles. The van der Waals surface area contributed by atoms with E-state index in [0.717, 1.165) is 38.0 Å². The molecule has 0 bridgehead atoms. The topological polar surface area (TPSA) is 38.1 Å². The lowest BCUT2D eigenvalue weighted by Gasteiger charge is -2.32. The summed E-state index contributed by atoms with van der Waals surface area (Å²) in [5.41, 5.74) is 1.14. The van der Waals surface area contributed by atoms with Gasteiger partial charge in [0.15, 0.2) is 0 Å². The average Bonchev–Trinajstić information content (AvgIpc) is 3.09. The first-order valence-corrected chi connectivity index (χ1v) is 8.46. The van der Waals surface area contributed by atoms with Crippen LogP contribution in [-0.4, -0.2) is 33.1 Å². The van der Waals surface area contributed by atoms with Crippen LogP contribution in [0.5, 0.6) is 0 Å². The van der Waals surface area contributed by atoms with E-state index in [9.17, 15) is 4.79 Å². The van der Waals surface area contributed by atoms with Crippen LogP contribution in [0.25, 0.3) is 0 Å². The number of rotatable bonds is 4. The maximum atomic E-state index is 12.2. The van der Waals surface area contributed by atoms with Gasteiger partial charge in [0.2, 0.25) is 0 Å². The number of nitrogens with zero attached hydrogens (tertiary/aromatic N) is 3. The lowest BCUT2D eigenvalue weighted by Crippen LogP contribution is -2.40. The molecule has 2 unspecified atom stereocenters. The summed E-state index contributed by atoms with van der Waals surface area (Å²) >= 11 is 0. The zero-order valence-corrected chi connectivity index (χ0v) is 13.3. The third-order valence-electron chi connectivity index (χ3n) is 5.04. The molecule has 1 saturated heterocycles. The molecule has 0 aromatic carbocycles. The number of hydrogen-bond acceptors (Lipinski definition) is 3. The van der Waals surface area contributed by atoms with Gasteiger partial charge in [0, 0.05) is 37.2 Å². The van der Waals surface area contributed by atoms with Gasteiger partial charge in [-0.3, -0.25) is 14.4 Å². The smallest absolute Gasteiger partial charge is 0.137 e. The average molecular weight is 289 g/mol.